The summed E-state index contributed by atoms with van der Waals surface area (Å²) in [6, 6.07) is 0. The van der Waals surface area contributed by atoms with Crippen molar-refractivity contribution >= 4 is 19.8 Å². The van der Waals surface area contributed by atoms with Crippen LogP contribution in [0.2, 0.25) is 0 Å². The molecule has 2 N–H and O–H groups in total. The molecule has 0 fully saturated rings. The molecule has 52 heavy (non-hydrogen) atoms. The molecule has 298 valence electrons. The van der Waals surface area contributed by atoms with Crippen LogP contribution in [0.5, 0.6) is 0 Å². The Bertz CT molecular complexity index is 1070. The van der Waals surface area contributed by atoms with Gasteiger partial charge in [-0.05, 0) is 83.5 Å². The lowest BCUT2D eigenvalue weighted by Gasteiger charge is -2.18. The largest absolute Gasteiger partial charge is 0.469 e. The van der Waals surface area contributed by atoms with Crippen molar-refractivity contribution < 1.29 is 37.9 Å². The zero-order chi connectivity index (χ0) is 38.2. The van der Waals surface area contributed by atoms with Crippen molar-refractivity contribution in [3.05, 3.63) is 72.9 Å². The van der Waals surface area contributed by atoms with Gasteiger partial charge in [-0.2, -0.15) is 0 Å². The number of hydrogen-bond donors (Lipinski definition) is 2. The number of allylic oxidation sites excluding steroid dienone is 12. The first-order chi connectivity index (χ1) is 25.3. The standard InChI is InChI=1S/C43H73O8P/c1-3-5-7-9-11-13-15-17-19-20-21-22-24-25-27-29-31-33-35-37-42(44)49-39-41(40-50-52(46,47)48)51-43(45)38-36-34-32-30-28-26-23-18-16-14-12-10-8-6-4-2/h5,7,11,13-14,16-17,19,21-22,25,27,41H,3-4,6,8-10,12,15,18,20,23-24,26,28-40H2,1-2H3,(H2,46,47,48)/b7-5-,13-11-,16-14-,19-17-,22-21-,27-25-/t41-/m1/s1. The zero-order valence-electron chi connectivity index (χ0n) is 32.7. The molecule has 0 aromatic carbocycles. The smallest absolute Gasteiger partial charge is 0.462 e. The van der Waals surface area contributed by atoms with E-state index in [0.717, 1.165) is 77.0 Å². The van der Waals surface area contributed by atoms with Crippen LogP contribution in [0.25, 0.3) is 0 Å². The van der Waals surface area contributed by atoms with E-state index in [-0.39, 0.29) is 19.4 Å². The second-order valence-corrected chi connectivity index (χ2v) is 14.5. The summed E-state index contributed by atoms with van der Waals surface area (Å²) >= 11 is 0. The first-order valence-electron chi connectivity index (χ1n) is 20.2. The van der Waals surface area contributed by atoms with Crippen LogP contribution in [0.15, 0.2) is 72.9 Å². The molecule has 0 saturated carbocycles. The Morgan fingerprint density at radius 2 is 0.923 bits per heavy atom. The van der Waals surface area contributed by atoms with Gasteiger partial charge in [-0.3, -0.25) is 14.1 Å². The molecule has 0 amide bonds. The number of phosphoric ester groups is 1. The molecule has 0 aromatic rings. The van der Waals surface area contributed by atoms with E-state index in [1.165, 1.54) is 51.4 Å². The van der Waals surface area contributed by atoms with Gasteiger partial charge in [0.05, 0.1) is 6.61 Å². The van der Waals surface area contributed by atoms with E-state index >= 15 is 0 Å². The van der Waals surface area contributed by atoms with Crippen molar-refractivity contribution in [3.63, 3.8) is 0 Å². The highest BCUT2D eigenvalue weighted by atomic mass is 31.2. The molecule has 0 unspecified atom stereocenters. The molecule has 0 aromatic heterocycles. The van der Waals surface area contributed by atoms with Gasteiger partial charge >= 0.3 is 19.8 Å². The van der Waals surface area contributed by atoms with Crippen LogP contribution >= 0.6 is 7.82 Å². The number of hydrogen-bond acceptors (Lipinski definition) is 6. The molecule has 0 aliphatic rings. The SMILES string of the molecule is CC/C=C\C/C=C\C/C=C\C/C=C\C/C=C\CCCCCC(=O)OC[C@H](COP(=O)(O)O)OC(=O)CCCCCCCCC/C=C\CCCCCC. The van der Waals surface area contributed by atoms with Gasteiger partial charge in [0.25, 0.3) is 0 Å². The van der Waals surface area contributed by atoms with E-state index < -0.39 is 32.5 Å². The quantitative estimate of drug-likeness (QED) is 0.0281. The number of ether oxygens (including phenoxy) is 2. The normalized spacial score (nSPS) is 13.2. The summed E-state index contributed by atoms with van der Waals surface area (Å²) in [5, 5.41) is 0. The topological polar surface area (TPSA) is 119 Å². The number of carbonyl (C=O) groups excluding carboxylic acids is 2. The summed E-state index contributed by atoms with van der Waals surface area (Å²) < 4.78 is 26.3. The first kappa shape index (κ1) is 49.5. The summed E-state index contributed by atoms with van der Waals surface area (Å²) in [4.78, 5) is 42.8. The molecule has 8 nitrogen and oxygen atoms in total. The van der Waals surface area contributed by atoms with Crippen LogP contribution in [-0.4, -0.2) is 41.0 Å². The third-order valence-electron chi connectivity index (χ3n) is 8.21. The van der Waals surface area contributed by atoms with E-state index in [0.29, 0.717) is 12.8 Å². The van der Waals surface area contributed by atoms with Gasteiger partial charge in [-0.15, -0.1) is 0 Å². The molecule has 0 aliphatic carbocycles. The monoisotopic (exact) mass is 749 g/mol. The minimum absolute atomic E-state index is 0.196. The molecule has 0 radical (unpaired) electrons. The summed E-state index contributed by atoms with van der Waals surface area (Å²) in [5.74, 6) is -0.933. The number of esters is 2. The molecule has 0 bridgehead atoms. The molecule has 9 heteroatoms. The minimum Gasteiger partial charge on any atom is -0.462 e. The number of phosphoric acid groups is 1. The lowest BCUT2D eigenvalue weighted by Crippen LogP contribution is -2.29. The minimum atomic E-state index is -4.76. The van der Waals surface area contributed by atoms with Crippen molar-refractivity contribution in [2.75, 3.05) is 13.2 Å². The molecular weight excluding hydrogens is 675 g/mol. The van der Waals surface area contributed by atoms with Gasteiger partial charge in [-0.25, -0.2) is 4.57 Å². The average Bonchev–Trinajstić information content (AvgIpc) is 3.11. The second kappa shape index (κ2) is 38.2. The molecule has 0 spiro atoms. The lowest BCUT2D eigenvalue weighted by molar-refractivity contribution is -0.161. The van der Waals surface area contributed by atoms with Gasteiger partial charge in [0, 0.05) is 12.8 Å². The Kier molecular flexibility index (Phi) is 36.4. The number of rotatable bonds is 36. The third kappa shape index (κ3) is 40.3. The van der Waals surface area contributed by atoms with Gasteiger partial charge in [-0.1, -0.05) is 145 Å². The van der Waals surface area contributed by atoms with Gasteiger partial charge in [0.1, 0.15) is 6.61 Å². The summed E-state index contributed by atoms with van der Waals surface area (Å²) in [5.41, 5.74) is 0. The highest BCUT2D eigenvalue weighted by molar-refractivity contribution is 7.46. The molecule has 0 aliphatic heterocycles. The Morgan fingerprint density at radius 1 is 0.519 bits per heavy atom. The average molecular weight is 749 g/mol. The van der Waals surface area contributed by atoms with E-state index in [4.69, 9.17) is 19.3 Å². The van der Waals surface area contributed by atoms with Crippen molar-refractivity contribution in [2.45, 2.75) is 174 Å². The Labute approximate surface area is 317 Å². The van der Waals surface area contributed by atoms with Crippen molar-refractivity contribution in [1.82, 2.24) is 0 Å². The number of carbonyl (C=O) groups is 2. The maximum Gasteiger partial charge on any atom is 0.469 e. The molecule has 0 saturated heterocycles. The van der Waals surface area contributed by atoms with Gasteiger partial charge in [0.2, 0.25) is 0 Å². The van der Waals surface area contributed by atoms with Crippen LogP contribution < -0.4 is 0 Å². The van der Waals surface area contributed by atoms with E-state index in [9.17, 15) is 14.2 Å². The molecule has 1 atom stereocenters. The van der Waals surface area contributed by atoms with E-state index in [1.54, 1.807) is 0 Å². The zero-order valence-corrected chi connectivity index (χ0v) is 33.6. The lowest BCUT2D eigenvalue weighted by atomic mass is 10.1. The van der Waals surface area contributed by atoms with E-state index in [1.807, 2.05) is 0 Å². The fourth-order valence-electron chi connectivity index (χ4n) is 5.22. The van der Waals surface area contributed by atoms with Crippen LogP contribution in [0.1, 0.15) is 168 Å². The van der Waals surface area contributed by atoms with Crippen molar-refractivity contribution in [2.24, 2.45) is 0 Å². The predicted octanol–water partition coefficient (Wildman–Crippen LogP) is 12.3. The molecular formula is C43H73O8P. The fourth-order valence-corrected chi connectivity index (χ4v) is 5.58. The first-order valence-corrected chi connectivity index (χ1v) is 21.8. The predicted molar refractivity (Wildman–Crippen MR) is 216 cm³/mol. The van der Waals surface area contributed by atoms with Crippen LogP contribution in [-0.2, 0) is 28.2 Å². The highest BCUT2D eigenvalue weighted by Gasteiger charge is 2.22. The second-order valence-electron chi connectivity index (χ2n) is 13.2. The highest BCUT2D eigenvalue weighted by Crippen LogP contribution is 2.36. The summed E-state index contributed by atoms with van der Waals surface area (Å²) in [7, 11) is -4.76. The Balaban J connectivity index is 4.03. The van der Waals surface area contributed by atoms with E-state index in [2.05, 4.69) is 91.3 Å². The summed E-state index contributed by atoms with van der Waals surface area (Å²) in [6.07, 6.45) is 49.0. The van der Waals surface area contributed by atoms with Crippen LogP contribution in [0.3, 0.4) is 0 Å². The molecule has 0 heterocycles. The van der Waals surface area contributed by atoms with Gasteiger partial charge < -0.3 is 19.3 Å². The van der Waals surface area contributed by atoms with Crippen LogP contribution in [0.4, 0.5) is 0 Å². The number of unbranched alkanes of at least 4 members (excludes halogenated alkanes) is 14. The Hall–Kier alpha value is -2.51. The molecule has 0 rings (SSSR count). The van der Waals surface area contributed by atoms with Crippen molar-refractivity contribution in [3.8, 4) is 0 Å². The van der Waals surface area contributed by atoms with Crippen LogP contribution in [0, 0.1) is 0 Å². The Morgan fingerprint density at radius 3 is 1.42 bits per heavy atom. The maximum absolute atomic E-state index is 12.4. The van der Waals surface area contributed by atoms with Crippen molar-refractivity contribution in [1.29, 1.82) is 0 Å². The fraction of sp³-hybridized carbons (Fsp3) is 0.674. The summed E-state index contributed by atoms with van der Waals surface area (Å²) in [6.45, 7) is 3.52. The van der Waals surface area contributed by atoms with Gasteiger partial charge in [0.15, 0.2) is 6.10 Å². The maximum atomic E-state index is 12.4. The third-order valence-corrected chi connectivity index (χ3v) is 8.69.